The second-order valence-corrected chi connectivity index (χ2v) is 8.83. The number of aryl methyl sites for hydroxylation is 2. The second-order valence-electron chi connectivity index (χ2n) is 8.83. The molecule has 31 heavy (non-hydrogen) atoms. The fourth-order valence-corrected chi connectivity index (χ4v) is 3.52. The van der Waals surface area contributed by atoms with Crippen molar-refractivity contribution in [2.45, 2.75) is 86.5 Å². The summed E-state index contributed by atoms with van der Waals surface area (Å²) in [7, 11) is 0. The molecule has 0 spiro atoms. The van der Waals surface area contributed by atoms with Crippen LogP contribution >= 0.6 is 0 Å². The first-order chi connectivity index (χ1) is 14.6. The predicted octanol–water partition coefficient (Wildman–Crippen LogP) is 7.76. The molecule has 0 saturated carbocycles. The number of phenols is 1. The molecule has 0 atom stereocenters. The van der Waals surface area contributed by atoms with E-state index in [0.29, 0.717) is 17.7 Å². The maximum Gasteiger partial charge on any atom is 0.331 e. The van der Waals surface area contributed by atoms with Gasteiger partial charge < -0.3 is 10.2 Å². The largest absolute Gasteiger partial charge is 0.507 e. The zero-order chi connectivity index (χ0) is 23.4. The summed E-state index contributed by atoms with van der Waals surface area (Å²) < 4.78 is 0. The molecule has 170 valence electrons. The molecule has 1 aromatic rings. The number of carbonyl (C=O) groups is 1. The van der Waals surface area contributed by atoms with Crippen molar-refractivity contribution < 1.29 is 15.0 Å². The quantitative estimate of drug-likeness (QED) is 0.266. The number of phenolic OH excluding ortho intramolecular Hbond substituents is 1. The summed E-state index contributed by atoms with van der Waals surface area (Å²) in [6, 6.07) is 4.05. The third-order valence-electron chi connectivity index (χ3n) is 5.40. The summed E-state index contributed by atoms with van der Waals surface area (Å²) in [5.74, 6) is -0.403. The Morgan fingerprint density at radius 3 is 2.03 bits per heavy atom. The van der Waals surface area contributed by atoms with Crippen molar-refractivity contribution in [3.05, 3.63) is 75.4 Å². The summed E-state index contributed by atoms with van der Waals surface area (Å²) in [4.78, 5) is 11.4. The highest BCUT2D eigenvalue weighted by Crippen LogP contribution is 2.25. The number of carboxylic acid groups (broad SMARTS) is 1. The van der Waals surface area contributed by atoms with Gasteiger partial charge in [0.15, 0.2) is 0 Å². The zero-order valence-electron chi connectivity index (χ0n) is 20.2. The van der Waals surface area contributed by atoms with Crippen LogP contribution in [0.15, 0.2) is 58.7 Å². The number of aliphatic carboxylic acids is 1. The summed E-state index contributed by atoms with van der Waals surface area (Å²) in [5.41, 5.74) is 7.43. The summed E-state index contributed by atoms with van der Waals surface area (Å²) in [5, 5.41) is 19.6. The fourth-order valence-electron chi connectivity index (χ4n) is 3.52. The molecule has 0 aliphatic heterocycles. The Bertz CT molecular complexity index is 862. The van der Waals surface area contributed by atoms with Crippen LogP contribution in [0.4, 0.5) is 0 Å². The molecule has 0 unspecified atom stereocenters. The van der Waals surface area contributed by atoms with E-state index in [-0.39, 0.29) is 0 Å². The van der Waals surface area contributed by atoms with Crippen LogP contribution < -0.4 is 0 Å². The average Bonchev–Trinajstić information content (AvgIpc) is 2.68. The van der Waals surface area contributed by atoms with Gasteiger partial charge >= 0.3 is 5.97 Å². The zero-order valence-corrected chi connectivity index (χ0v) is 20.2. The minimum absolute atomic E-state index is 0.403. The number of rotatable bonds is 12. The molecule has 1 aromatic carbocycles. The molecular formula is C28H40O3. The third-order valence-corrected chi connectivity index (χ3v) is 5.40. The first-order valence-electron chi connectivity index (χ1n) is 11.3. The van der Waals surface area contributed by atoms with Crippen molar-refractivity contribution in [3.8, 4) is 5.75 Å². The number of benzene rings is 1. The minimum Gasteiger partial charge on any atom is -0.507 e. The van der Waals surface area contributed by atoms with E-state index in [4.69, 9.17) is 0 Å². The highest BCUT2D eigenvalue weighted by molar-refractivity contribution is 5.86. The van der Waals surface area contributed by atoms with E-state index in [2.05, 4.69) is 45.1 Å². The molecule has 0 fully saturated rings. The van der Waals surface area contributed by atoms with Crippen molar-refractivity contribution in [2.24, 2.45) is 0 Å². The van der Waals surface area contributed by atoms with E-state index in [1.54, 1.807) is 0 Å². The minimum atomic E-state index is -0.806. The van der Waals surface area contributed by atoms with Crippen molar-refractivity contribution in [1.29, 1.82) is 0 Å². The van der Waals surface area contributed by atoms with Crippen molar-refractivity contribution in [2.75, 3.05) is 0 Å². The number of allylic oxidation sites excluding steroid dienone is 7. The first kappa shape index (κ1) is 26.5. The van der Waals surface area contributed by atoms with Crippen LogP contribution in [0.25, 0.3) is 0 Å². The molecule has 0 aliphatic rings. The molecule has 2 N–H and O–H groups in total. The Morgan fingerprint density at radius 2 is 1.42 bits per heavy atom. The lowest BCUT2D eigenvalue weighted by atomic mass is 10.0. The Balaban J connectivity index is 2.50. The van der Waals surface area contributed by atoms with Gasteiger partial charge in [-0.25, -0.2) is 4.79 Å². The lowest BCUT2D eigenvalue weighted by molar-refractivity contribution is -0.132. The fraction of sp³-hybridized carbons (Fsp3) is 0.464. The molecule has 0 saturated heterocycles. The number of hydrogen-bond donors (Lipinski definition) is 2. The lowest BCUT2D eigenvalue weighted by Gasteiger charge is -2.08. The lowest BCUT2D eigenvalue weighted by Crippen LogP contribution is -2.00. The van der Waals surface area contributed by atoms with Gasteiger partial charge in [-0.15, -0.1) is 0 Å². The van der Waals surface area contributed by atoms with Crippen LogP contribution in [0.2, 0.25) is 0 Å². The molecule has 0 heterocycles. The number of carboxylic acids is 1. The van der Waals surface area contributed by atoms with Crippen molar-refractivity contribution in [1.82, 2.24) is 0 Å². The van der Waals surface area contributed by atoms with Gasteiger partial charge in [0.1, 0.15) is 5.75 Å². The molecule has 0 radical (unpaired) electrons. The smallest absolute Gasteiger partial charge is 0.331 e. The summed E-state index contributed by atoms with van der Waals surface area (Å²) >= 11 is 0. The molecule has 0 bridgehead atoms. The Hall–Kier alpha value is -2.55. The maximum absolute atomic E-state index is 11.4. The summed E-state index contributed by atoms with van der Waals surface area (Å²) in [6.07, 6.45) is 14.1. The van der Waals surface area contributed by atoms with Crippen LogP contribution in [0.3, 0.4) is 0 Å². The van der Waals surface area contributed by atoms with Crippen LogP contribution in [0.1, 0.15) is 82.9 Å². The highest BCUT2D eigenvalue weighted by atomic mass is 16.4. The van der Waals surface area contributed by atoms with Crippen molar-refractivity contribution in [3.63, 3.8) is 0 Å². The van der Waals surface area contributed by atoms with Gasteiger partial charge in [0, 0.05) is 5.57 Å². The van der Waals surface area contributed by atoms with Crippen LogP contribution in [-0.4, -0.2) is 16.2 Å². The number of hydrogen-bond acceptors (Lipinski definition) is 2. The van der Waals surface area contributed by atoms with E-state index < -0.39 is 5.97 Å². The standard InChI is InChI=1S/C28H40O3/c1-20(2)10-7-14-25(28(30)31)15-9-13-21(3)11-8-12-22(4)16-17-26-19-23(5)18-24(6)27(26)29/h10-11,15-16,18-19,29H,7-9,12-14,17H2,1-6H3,(H,30,31). The molecule has 0 aromatic heterocycles. The maximum atomic E-state index is 11.4. The van der Waals surface area contributed by atoms with Gasteiger partial charge in [-0.1, -0.05) is 58.7 Å². The van der Waals surface area contributed by atoms with Gasteiger partial charge in [-0.05, 0) is 97.6 Å². The van der Waals surface area contributed by atoms with Crippen molar-refractivity contribution >= 4 is 5.97 Å². The first-order valence-corrected chi connectivity index (χ1v) is 11.3. The molecular weight excluding hydrogens is 384 g/mol. The van der Waals surface area contributed by atoms with E-state index in [1.807, 2.05) is 32.9 Å². The Labute approximate surface area is 188 Å². The van der Waals surface area contributed by atoms with Gasteiger partial charge in [0.05, 0.1) is 0 Å². The van der Waals surface area contributed by atoms with E-state index in [9.17, 15) is 15.0 Å². The number of aromatic hydroxyl groups is 1. The molecule has 3 nitrogen and oxygen atoms in total. The van der Waals surface area contributed by atoms with Crippen LogP contribution in [0, 0.1) is 13.8 Å². The monoisotopic (exact) mass is 424 g/mol. The Morgan fingerprint density at radius 1 is 0.839 bits per heavy atom. The molecule has 0 aliphatic carbocycles. The molecule has 3 heteroatoms. The van der Waals surface area contributed by atoms with Gasteiger partial charge in [-0.2, -0.15) is 0 Å². The molecule has 1 rings (SSSR count). The van der Waals surface area contributed by atoms with Crippen LogP contribution in [-0.2, 0) is 11.2 Å². The topological polar surface area (TPSA) is 57.5 Å². The average molecular weight is 425 g/mol. The van der Waals surface area contributed by atoms with Gasteiger partial charge in [-0.3, -0.25) is 0 Å². The molecule has 0 amide bonds. The third kappa shape index (κ3) is 10.9. The Kier molecular flexibility index (Phi) is 11.7. The van der Waals surface area contributed by atoms with E-state index >= 15 is 0 Å². The predicted molar refractivity (Wildman–Crippen MR) is 132 cm³/mol. The van der Waals surface area contributed by atoms with E-state index in [0.717, 1.165) is 49.7 Å². The van der Waals surface area contributed by atoms with Crippen LogP contribution in [0.5, 0.6) is 5.75 Å². The van der Waals surface area contributed by atoms with Gasteiger partial charge in [0.25, 0.3) is 0 Å². The summed E-state index contributed by atoms with van der Waals surface area (Å²) in [6.45, 7) is 12.3. The highest BCUT2D eigenvalue weighted by Gasteiger charge is 2.06. The van der Waals surface area contributed by atoms with E-state index in [1.165, 1.54) is 22.3 Å². The SMILES string of the molecule is CC(C)=CCCC(=CCCC(C)=CCCC(C)=CCc1cc(C)cc(C)c1O)C(=O)O. The normalized spacial score (nSPS) is 12.8. The second kappa shape index (κ2) is 13.7. The van der Waals surface area contributed by atoms with Gasteiger partial charge in [0.2, 0.25) is 0 Å².